The molecule has 4 aromatic heterocycles. The first kappa shape index (κ1) is 54.6. The third-order valence-corrected chi connectivity index (χ3v) is 17.1. The average Bonchev–Trinajstić information content (AvgIpc) is 3.27. The summed E-state index contributed by atoms with van der Waals surface area (Å²) in [5, 5.41) is 34.1. The number of H-pyrrole nitrogens is 1. The molecule has 1 aliphatic carbocycles. The summed E-state index contributed by atoms with van der Waals surface area (Å²) in [5.74, 6) is 1.23. The first-order chi connectivity index (χ1) is 39.9. The first-order valence-corrected chi connectivity index (χ1v) is 28.6. The van der Waals surface area contributed by atoms with E-state index in [2.05, 4.69) is 92.1 Å². The Morgan fingerprint density at radius 2 is 1.73 bits per heavy atom. The van der Waals surface area contributed by atoms with Crippen molar-refractivity contribution in [3.05, 3.63) is 125 Å². The zero-order valence-corrected chi connectivity index (χ0v) is 46.5. The summed E-state index contributed by atoms with van der Waals surface area (Å²) < 4.78 is 51.0. The summed E-state index contributed by atoms with van der Waals surface area (Å²) >= 11 is 0. The van der Waals surface area contributed by atoms with Gasteiger partial charge >= 0.3 is 6.01 Å². The molecule has 2 amide bonds. The molecular weight excluding hydrogens is 1050 g/mol. The number of carbonyl (C=O) groups is 2. The number of rotatable bonds is 17. The summed E-state index contributed by atoms with van der Waals surface area (Å²) in [5.41, 5.74) is 9.23. The van der Waals surface area contributed by atoms with Crippen molar-refractivity contribution in [2.75, 3.05) is 44.4 Å². The van der Waals surface area contributed by atoms with Crippen molar-refractivity contribution in [2.24, 2.45) is 5.92 Å². The number of ether oxygens (including phenoxy) is 3. The van der Waals surface area contributed by atoms with E-state index in [1.165, 1.54) is 17.2 Å². The monoisotopic (exact) mass is 1110 g/mol. The minimum Gasteiger partial charge on any atom is -0.486 e. The normalized spacial score (nSPS) is 19.6. The van der Waals surface area contributed by atoms with Crippen molar-refractivity contribution >= 4 is 39.9 Å². The van der Waals surface area contributed by atoms with Crippen LogP contribution in [0.5, 0.6) is 11.8 Å². The van der Waals surface area contributed by atoms with Gasteiger partial charge in [-0.05, 0) is 104 Å². The van der Waals surface area contributed by atoms with Gasteiger partial charge in [0, 0.05) is 83.8 Å². The third-order valence-electron chi connectivity index (χ3n) is 17.1. The van der Waals surface area contributed by atoms with Gasteiger partial charge in [0.25, 0.3) is 0 Å². The maximum absolute atomic E-state index is 15.9. The molecular formula is C62H68F2N12O6. The lowest BCUT2D eigenvalue weighted by Crippen LogP contribution is -2.44. The van der Waals surface area contributed by atoms with Crippen LogP contribution >= 0.6 is 0 Å². The number of likely N-dealkylation sites (tertiary alicyclic amines) is 1. The molecule has 20 heteroatoms. The number of halogens is 2. The number of anilines is 1. The second-order valence-electron chi connectivity index (χ2n) is 22.7. The van der Waals surface area contributed by atoms with Crippen LogP contribution in [0, 0.1) is 24.5 Å². The Hall–Kier alpha value is -7.94. The smallest absolute Gasteiger partial charge is 0.319 e. The molecule has 8 aromatic rings. The lowest BCUT2D eigenvalue weighted by atomic mass is 9.88. The fourth-order valence-corrected chi connectivity index (χ4v) is 11.9. The molecule has 0 radical (unpaired) electrons. The highest BCUT2D eigenvalue weighted by molar-refractivity contribution is 6.06. The number of hydrogen-bond acceptors (Lipinski definition) is 14. The number of aromatic amines is 1. The van der Waals surface area contributed by atoms with E-state index in [0.717, 1.165) is 108 Å². The third kappa shape index (κ3) is 11.1. The van der Waals surface area contributed by atoms with E-state index in [0.29, 0.717) is 102 Å². The van der Waals surface area contributed by atoms with Gasteiger partial charge in [-0.25, -0.2) is 13.5 Å². The van der Waals surface area contributed by atoms with Crippen molar-refractivity contribution in [3.63, 3.8) is 0 Å². The van der Waals surface area contributed by atoms with Crippen LogP contribution in [0.15, 0.2) is 91.5 Å². The molecule has 5 fully saturated rings. The van der Waals surface area contributed by atoms with Gasteiger partial charge < -0.3 is 39.8 Å². The second-order valence-corrected chi connectivity index (χ2v) is 22.7. The van der Waals surface area contributed by atoms with E-state index in [1.54, 1.807) is 36.5 Å². The van der Waals surface area contributed by atoms with Gasteiger partial charge in [-0.15, -0.1) is 5.10 Å². The molecule has 2 bridgehead atoms. The van der Waals surface area contributed by atoms with E-state index in [-0.39, 0.29) is 37.1 Å². The highest BCUT2D eigenvalue weighted by atomic mass is 19.1. The molecule has 4 saturated heterocycles. The Morgan fingerprint density at radius 3 is 2.44 bits per heavy atom. The minimum atomic E-state index is -0.590. The fraction of sp³-hybridized carbons (Fsp3) is 0.419. The number of benzene rings is 4. The molecule has 426 valence electrons. The van der Waals surface area contributed by atoms with E-state index in [1.807, 2.05) is 17.8 Å². The van der Waals surface area contributed by atoms with Crippen molar-refractivity contribution in [3.8, 4) is 45.3 Å². The first-order valence-electron chi connectivity index (χ1n) is 28.6. The van der Waals surface area contributed by atoms with Crippen molar-refractivity contribution in [1.82, 2.24) is 55.7 Å². The summed E-state index contributed by atoms with van der Waals surface area (Å²) in [6, 6.07) is 20.8. The molecule has 5 unspecified atom stereocenters. The molecule has 1 saturated carbocycles. The molecule has 5 aliphatic rings. The standard InChI is InChI=1S/C43H48FN9O3.C19H20FN3O3/c1-23(2)25(4)53-21-37(50-51-53)28-7-5-26(6-8-28)22-55-41-39(38-24(3)35(44)17-36-34(38)19-46-49-36)32(27-9-10-27)16-33-40(41)47-43(56-31-11-13-54-14-12-31)48-42(33)52-20-29-15-30(52)18-45-29;20-16-10-21-8-7-15(16)13-3-5-14(6-4-13)17(11-24)22-19(26)18-2-1-9-23(18)12-25/h5-8,16-17,19,21,23,25,27,29-31,45H,9-15,18,20,22H2,1-4H3,(H,46,49);3-8,10,12,17-18,24H,1-2,9,11H2,(H,22,26). The number of aliphatic hydroxyl groups excluding tert-OH is 1. The fourth-order valence-electron chi connectivity index (χ4n) is 11.9. The van der Waals surface area contributed by atoms with E-state index < -0.39 is 17.9 Å². The summed E-state index contributed by atoms with van der Waals surface area (Å²) in [6.07, 6.45) is 13.2. The number of aromatic nitrogens is 8. The Morgan fingerprint density at radius 1 is 0.939 bits per heavy atom. The number of hydrogen-bond donors (Lipinski definition) is 4. The zero-order valence-electron chi connectivity index (χ0n) is 46.5. The number of amides is 2. The number of aliphatic hydroxyl groups is 1. The molecule has 0 spiro atoms. The SMILES string of the molecule is Cc1c(F)cc2[nH]ncc2c1-c1c(C2CC2)cc2c(N3CC4CC3CN4)nc(OC3CCOCC3)nc2c1OCc1ccc(-c2cn(C(C)C(C)C)nn2)cc1.O=CN1CCCC1C(=O)NC(CO)c1ccc(-c2ccncc2F)cc1. The van der Waals surface area contributed by atoms with Crippen LogP contribution in [0.25, 0.3) is 55.3 Å². The largest absolute Gasteiger partial charge is 0.486 e. The molecule has 4 aromatic carbocycles. The Balaban J connectivity index is 0.000000215. The van der Waals surface area contributed by atoms with Crippen molar-refractivity contribution in [2.45, 2.75) is 121 Å². The quantitative estimate of drug-likeness (QED) is 0.0627. The number of pyridine rings is 1. The Bertz CT molecular complexity index is 3600. The summed E-state index contributed by atoms with van der Waals surface area (Å²) in [6.45, 7) is 12.0. The molecule has 8 heterocycles. The van der Waals surface area contributed by atoms with E-state index >= 15 is 4.39 Å². The van der Waals surface area contributed by atoms with Gasteiger partial charge in [-0.1, -0.05) is 67.6 Å². The van der Waals surface area contributed by atoms with Crippen LogP contribution in [-0.4, -0.2) is 126 Å². The van der Waals surface area contributed by atoms with Gasteiger partial charge in [-0.2, -0.15) is 15.1 Å². The lowest BCUT2D eigenvalue weighted by Gasteiger charge is -2.31. The number of fused-ring (bicyclic) bond motifs is 4. The van der Waals surface area contributed by atoms with Gasteiger partial charge in [0.1, 0.15) is 47.4 Å². The van der Waals surface area contributed by atoms with Crippen LogP contribution in [-0.2, 0) is 20.9 Å². The number of nitrogens with zero attached hydrogens (tertiary/aromatic N) is 9. The summed E-state index contributed by atoms with van der Waals surface area (Å²) in [4.78, 5) is 41.5. The highest BCUT2D eigenvalue weighted by Gasteiger charge is 2.41. The van der Waals surface area contributed by atoms with Crippen LogP contribution < -0.4 is 25.0 Å². The molecule has 4 aliphatic heterocycles. The molecule has 4 N–H and O–H groups in total. The summed E-state index contributed by atoms with van der Waals surface area (Å²) in [7, 11) is 0. The van der Waals surface area contributed by atoms with Crippen LogP contribution in [0.2, 0.25) is 0 Å². The molecule has 13 rings (SSSR count). The zero-order chi connectivity index (χ0) is 56.6. The van der Waals surface area contributed by atoms with Gasteiger partial charge in [-0.3, -0.25) is 19.7 Å². The molecule has 5 atom stereocenters. The predicted molar refractivity (Wildman–Crippen MR) is 306 cm³/mol. The topological polar surface area (TPSA) is 211 Å². The number of piperazine rings is 1. The Labute approximate surface area is 474 Å². The highest BCUT2D eigenvalue weighted by Crippen LogP contribution is 2.53. The van der Waals surface area contributed by atoms with E-state index in [4.69, 9.17) is 24.2 Å². The van der Waals surface area contributed by atoms with Gasteiger partial charge in [0.05, 0.1) is 56.0 Å². The maximum Gasteiger partial charge on any atom is 0.319 e. The lowest BCUT2D eigenvalue weighted by molar-refractivity contribution is -0.131. The minimum absolute atomic E-state index is 0.0509. The molecule has 18 nitrogen and oxygen atoms in total. The van der Waals surface area contributed by atoms with Crippen molar-refractivity contribution < 1.29 is 37.7 Å². The van der Waals surface area contributed by atoms with Gasteiger partial charge in [0.2, 0.25) is 12.3 Å². The van der Waals surface area contributed by atoms with Crippen molar-refractivity contribution in [1.29, 1.82) is 0 Å². The predicted octanol–water partition coefficient (Wildman–Crippen LogP) is 9.32. The van der Waals surface area contributed by atoms with E-state index in [9.17, 15) is 19.1 Å². The van der Waals surface area contributed by atoms with Crippen LogP contribution in [0.1, 0.15) is 106 Å². The number of carbonyl (C=O) groups excluding carboxylic acids is 2. The number of nitrogens with one attached hydrogen (secondary N) is 3. The molecule has 82 heavy (non-hydrogen) atoms. The average molecular weight is 1120 g/mol. The van der Waals surface area contributed by atoms with Gasteiger partial charge in [0.15, 0.2) is 5.75 Å². The second kappa shape index (κ2) is 23.5. The maximum atomic E-state index is 15.9. The van der Waals surface area contributed by atoms with Crippen LogP contribution in [0.4, 0.5) is 14.6 Å². The van der Waals surface area contributed by atoms with Crippen LogP contribution in [0.3, 0.4) is 0 Å². The Kier molecular flexibility index (Phi) is 15.7.